The van der Waals surface area contributed by atoms with Crippen molar-refractivity contribution in [1.82, 2.24) is 0 Å². The van der Waals surface area contributed by atoms with Crippen LogP contribution >= 0.6 is 0 Å². The Labute approximate surface area is 155 Å². The van der Waals surface area contributed by atoms with Crippen molar-refractivity contribution >= 4 is 28.3 Å². The molecule has 0 aromatic heterocycles. The number of benzene rings is 3. The monoisotopic (exact) mass is 367 g/mol. The van der Waals surface area contributed by atoms with E-state index in [2.05, 4.69) is 5.32 Å². The predicted molar refractivity (Wildman–Crippen MR) is 100 cm³/mol. The molecule has 3 aromatic rings. The number of carbonyl (C=O) groups is 2. The van der Waals surface area contributed by atoms with Gasteiger partial charge < -0.3 is 14.8 Å². The minimum absolute atomic E-state index is 0.00125. The summed E-state index contributed by atoms with van der Waals surface area (Å²) in [5.74, 6) is -1.93. The summed E-state index contributed by atoms with van der Waals surface area (Å²) in [6.45, 7) is 1.45. The highest BCUT2D eigenvalue weighted by molar-refractivity contribution is 5.98. The molecule has 1 amide bonds. The van der Waals surface area contributed by atoms with Gasteiger partial charge in [0.25, 0.3) is 5.91 Å². The van der Waals surface area contributed by atoms with Gasteiger partial charge >= 0.3 is 5.97 Å². The van der Waals surface area contributed by atoms with Crippen LogP contribution in [0.15, 0.2) is 60.7 Å². The summed E-state index contributed by atoms with van der Waals surface area (Å²) in [5, 5.41) is 4.74. The first-order valence-corrected chi connectivity index (χ1v) is 8.32. The Morgan fingerprint density at radius 2 is 1.74 bits per heavy atom. The topological polar surface area (TPSA) is 64.6 Å². The van der Waals surface area contributed by atoms with Crippen LogP contribution in [0.25, 0.3) is 10.8 Å². The second-order valence-electron chi connectivity index (χ2n) is 5.95. The van der Waals surface area contributed by atoms with E-state index in [1.54, 1.807) is 6.07 Å². The number of rotatable bonds is 5. The summed E-state index contributed by atoms with van der Waals surface area (Å²) in [6, 6.07) is 17.0. The Bertz CT molecular complexity index is 1000. The van der Waals surface area contributed by atoms with Crippen LogP contribution < -0.4 is 10.1 Å². The fourth-order valence-corrected chi connectivity index (χ4v) is 2.59. The van der Waals surface area contributed by atoms with Gasteiger partial charge in [0.2, 0.25) is 0 Å². The Morgan fingerprint density at radius 1 is 1.00 bits per heavy atom. The van der Waals surface area contributed by atoms with E-state index in [1.165, 1.54) is 26.2 Å². The highest BCUT2D eigenvalue weighted by atomic mass is 19.1. The number of hydrogen-bond donors (Lipinski definition) is 1. The number of halogens is 1. The largest absolute Gasteiger partial charge is 0.494 e. The third-order valence-corrected chi connectivity index (χ3v) is 4.06. The molecular formula is C21H18FNO4. The Balaban J connectivity index is 1.65. The molecule has 0 unspecified atom stereocenters. The summed E-state index contributed by atoms with van der Waals surface area (Å²) in [4.78, 5) is 24.4. The Hall–Kier alpha value is -3.41. The Morgan fingerprint density at radius 3 is 2.44 bits per heavy atom. The molecule has 1 N–H and O–H groups in total. The van der Waals surface area contributed by atoms with Crippen molar-refractivity contribution < 1.29 is 23.5 Å². The molecular weight excluding hydrogens is 349 g/mol. The number of nitrogens with one attached hydrogen (secondary N) is 1. The van der Waals surface area contributed by atoms with E-state index in [0.717, 1.165) is 16.8 Å². The van der Waals surface area contributed by atoms with E-state index >= 15 is 0 Å². The van der Waals surface area contributed by atoms with Crippen LogP contribution in [0.2, 0.25) is 0 Å². The summed E-state index contributed by atoms with van der Waals surface area (Å²) in [5.41, 5.74) is 0.593. The molecule has 0 bridgehead atoms. The molecule has 5 nitrogen and oxygen atoms in total. The van der Waals surface area contributed by atoms with Crippen LogP contribution in [0.4, 0.5) is 10.1 Å². The quantitative estimate of drug-likeness (QED) is 0.688. The number of hydrogen-bond acceptors (Lipinski definition) is 4. The molecule has 0 fully saturated rings. The fraction of sp³-hybridized carbons (Fsp3) is 0.143. The highest BCUT2D eigenvalue weighted by Gasteiger charge is 2.20. The van der Waals surface area contributed by atoms with E-state index in [9.17, 15) is 14.0 Å². The van der Waals surface area contributed by atoms with Gasteiger partial charge in [-0.15, -0.1) is 0 Å². The van der Waals surface area contributed by atoms with Gasteiger partial charge in [0.05, 0.1) is 12.7 Å². The van der Waals surface area contributed by atoms with Crippen molar-refractivity contribution in [3.8, 4) is 5.75 Å². The zero-order valence-electron chi connectivity index (χ0n) is 14.9. The molecule has 6 heteroatoms. The number of anilines is 1. The van der Waals surface area contributed by atoms with E-state index in [0.29, 0.717) is 5.69 Å². The zero-order chi connectivity index (χ0) is 19.4. The molecule has 0 saturated carbocycles. The number of carbonyl (C=O) groups excluding carboxylic acids is 2. The molecule has 0 aliphatic carbocycles. The van der Waals surface area contributed by atoms with Gasteiger partial charge in [-0.05, 0) is 48.0 Å². The van der Waals surface area contributed by atoms with Crippen LogP contribution in [-0.2, 0) is 9.53 Å². The first kappa shape index (κ1) is 18.4. The van der Waals surface area contributed by atoms with Crippen LogP contribution in [0.3, 0.4) is 0 Å². The Kier molecular flexibility index (Phi) is 5.35. The van der Waals surface area contributed by atoms with Gasteiger partial charge in [-0.2, -0.15) is 0 Å². The van der Waals surface area contributed by atoms with Gasteiger partial charge in [0, 0.05) is 5.69 Å². The molecule has 0 spiro atoms. The number of fused-ring (bicyclic) bond motifs is 1. The average molecular weight is 367 g/mol. The molecule has 3 rings (SSSR count). The summed E-state index contributed by atoms with van der Waals surface area (Å²) in [6.07, 6.45) is -1.05. The van der Waals surface area contributed by atoms with Crippen molar-refractivity contribution in [3.05, 3.63) is 72.0 Å². The fourth-order valence-electron chi connectivity index (χ4n) is 2.59. The number of ether oxygens (including phenoxy) is 2. The second-order valence-corrected chi connectivity index (χ2v) is 5.95. The lowest BCUT2D eigenvalue weighted by Crippen LogP contribution is -2.30. The normalized spacial score (nSPS) is 11.7. The van der Waals surface area contributed by atoms with Crippen LogP contribution in [0.1, 0.15) is 17.3 Å². The molecule has 27 heavy (non-hydrogen) atoms. The van der Waals surface area contributed by atoms with Gasteiger partial charge in [0.15, 0.2) is 17.7 Å². The van der Waals surface area contributed by atoms with E-state index in [4.69, 9.17) is 9.47 Å². The maximum atomic E-state index is 13.7. The van der Waals surface area contributed by atoms with E-state index in [1.807, 2.05) is 36.4 Å². The molecule has 0 aliphatic heterocycles. The predicted octanol–water partition coefficient (Wildman–Crippen LogP) is 4.17. The first-order chi connectivity index (χ1) is 13.0. The van der Waals surface area contributed by atoms with Crippen molar-refractivity contribution in [2.24, 2.45) is 0 Å². The summed E-state index contributed by atoms with van der Waals surface area (Å²) >= 11 is 0. The van der Waals surface area contributed by atoms with Crippen molar-refractivity contribution in [1.29, 1.82) is 0 Å². The lowest BCUT2D eigenvalue weighted by molar-refractivity contribution is -0.123. The van der Waals surface area contributed by atoms with Gasteiger partial charge in [-0.1, -0.05) is 30.3 Å². The second kappa shape index (κ2) is 7.86. The highest BCUT2D eigenvalue weighted by Crippen LogP contribution is 2.20. The average Bonchev–Trinajstić information content (AvgIpc) is 2.67. The molecule has 0 aliphatic rings. The molecule has 0 radical (unpaired) electrons. The van der Waals surface area contributed by atoms with Crippen molar-refractivity contribution in [3.63, 3.8) is 0 Å². The smallest absolute Gasteiger partial charge is 0.339 e. The van der Waals surface area contributed by atoms with Crippen LogP contribution in [0, 0.1) is 5.82 Å². The first-order valence-electron chi connectivity index (χ1n) is 8.32. The van der Waals surface area contributed by atoms with E-state index < -0.39 is 23.8 Å². The minimum Gasteiger partial charge on any atom is -0.494 e. The van der Waals surface area contributed by atoms with Crippen molar-refractivity contribution in [2.75, 3.05) is 12.4 Å². The molecule has 1 atom stereocenters. The van der Waals surface area contributed by atoms with Gasteiger partial charge in [-0.25, -0.2) is 9.18 Å². The number of methoxy groups -OCH3 is 1. The molecule has 0 heterocycles. The van der Waals surface area contributed by atoms with Crippen LogP contribution in [0.5, 0.6) is 5.75 Å². The van der Waals surface area contributed by atoms with Crippen LogP contribution in [-0.4, -0.2) is 25.1 Å². The van der Waals surface area contributed by atoms with Crippen molar-refractivity contribution in [2.45, 2.75) is 13.0 Å². The standard InChI is InChI=1S/C21H18FNO4/c1-13(27-21(25)16-8-10-19(26-2)18(22)12-16)20(24)23-17-9-7-14-5-3-4-6-15(14)11-17/h3-13H,1-2H3,(H,23,24)/t13-/m1/s1. The SMILES string of the molecule is COc1ccc(C(=O)O[C@H](C)C(=O)Nc2ccc3ccccc3c2)cc1F. The van der Waals surface area contributed by atoms with Gasteiger partial charge in [-0.3, -0.25) is 4.79 Å². The van der Waals surface area contributed by atoms with E-state index in [-0.39, 0.29) is 11.3 Å². The van der Waals surface area contributed by atoms with Gasteiger partial charge in [0.1, 0.15) is 0 Å². The summed E-state index contributed by atoms with van der Waals surface area (Å²) < 4.78 is 23.6. The molecule has 0 saturated heterocycles. The maximum Gasteiger partial charge on any atom is 0.339 e. The molecule has 3 aromatic carbocycles. The lowest BCUT2D eigenvalue weighted by Gasteiger charge is -2.14. The zero-order valence-corrected chi connectivity index (χ0v) is 14.9. The summed E-state index contributed by atoms with van der Waals surface area (Å²) in [7, 11) is 1.33. The molecule has 138 valence electrons. The maximum absolute atomic E-state index is 13.7. The number of amides is 1. The number of esters is 1. The third kappa shape index (κ3) is 4.23. The minimum atomic E-state index is -1.05. The third-order valence-electron chi connectivity index (χ3n) is 4.06. The lowest BCUT2D eigenvalue weighted by atomic mass is 10.1.